The Morgan fingerprint density at radius 2 is 1.91 bits per heavy atom. The second kappa shape index (κ2) is 5.76. The molecule has 0 aliphatic rings. The summed E-state index contributed by atoms with van der Waals surface area (Å²) in [6, 6.07) is 3.09. The third-order valence-corrected chi connectivity index (χ3v) is 4.34. The van der Waals surface area contributed by atoms with Crippen molar-refractivity contribution in [1.29, 1.82) is 0 Å². The van der Waals surface area contributed by atoms with E-state index in [4.69, 9.17) is 4.74 Å². The van der Waals surface area contributed by atoms with Crippen molar-refractivity contribution in [2.24, 2.45) is 0 Å². The quantitative estimate of drug-likeness (QED) is 0.889. The minimum atomic E-state index is -4.64. The average Bonchev–Trinajstić information content (AvgIpc) is 2.85. The Balaban J connectivity index is 2.42. The summed E-state index contributed by atoms with van der Waals surface area (Å²) in [5.41, 5.74) is 0.102. The van der Waals surface area contributed by atoms with Crippen LogP contribution in [0.15, 0.2) is 23.2 Å². The molecule has 1 aromatic heterocycles. The third kappa shape index (κ3) is 3.58. The number of ether oxygens (including phenoxy) is 1. The number of aromatic amines is 1. The largest absolute Gasteiger partial charge is 0.495 e. The number of alkyl halides is 3. The number of imidazole rings is 1. The zero-order valence-corrected chi connectivity index (χ0v) is 13.3. The molecule has 2 rings (SSSR count). The highest BCUT2D eigenvalue weighted by Crippen LogP contribution is 2.31. The maximum atomic E-state index is 12.5. The van der Waals surface area contributed by atoms with Crippen molar-refractivity contribution in [3.05, 3.63) is 35.2 Å². The molecular formula is C13H14F3N3O3S. The third-order valence-electron chi connectivity index (χ3n) is 2.99. The van der Waals surface area contributed by atoms with E-state index in [0.717, 1.165) is 0 Å². The number of H-pyrrole nitrogens is 1. The fourth-order valence-corrected chi connectivity index (χ4v) is 3.37. The standard InChI is InChI=1S/C13H14F3N3O3S/c1-7-4-8(2)11(22-3)9(5-7)23(20,21)19-12-17-6-10(18-12)13(14,15)16/h4-6H,1-3H3,(H2,17,18,19). The van der Waals surface area contributed by atoms with Crippen LogP contribution < -0.4 is 9.46 Å². The van der Waals surface area contributed by atoms with Crippen LogP contribution in [0.3, 0.4) is 0 Å². The van der Waals surface area contributed by atoms with Gasteiger partial charge in [-0.1, -0.05) is 6.07 Å². The van der Waals surface area contributed by atoms with Gasteiger partial charge < -0.3 is 9.72 Å². The van der Waals surface area contributed by atoms with E-state index < -0.39 is 27.8 Å². The van der Waals surface area contributed by atoms with E-state index in [1.165, 1.54) is 13.2 Å². The maximum absolute atomic E-state index is 12.5. The summed E-state index contributed by atoms with van der Waals surface area (Å²) >= 11 is 0. The molecule has 0 amide bonds. The Hall–Kier alpha value is -2.23. The van der Waals surface area contributed by atoms with E-state index in [9.17, 15) is 21.6 Å². The summed E-state index contributed by atoms with van der Waals surface area (Å²) in [5, 5.41) is 0. The smallest absolute Gasteiger partial charge is 0.432 e. The second-order valence-corrected chi connectivity index (χ2v) is 6.51. The molecule has 0 spiro atoms. The first-order valence-corrected chi connectivity index (χ1v) is 7.83. The van der Waals surface area contributed by atoms with E-state index in [0.29, 0.717) is 17.3 Å². The van der Waals surface area contributed by atoms with Gasteiger partial charge in [-0.15, -0.1) is 0 Å². The van der Waals surface area contributed by atoms with Crippen molar-refractivity contribution in [3.63, 3.8) is 0 Å². The zero-order valence-electron chi connectivity index (χ0n) is 12.4. The molecule has 126 valence electrons. The van der Waals surface area contributed by atoms with Crippen molar-refractivity contribution < 1.29 is 26.3 Å². The van der Waals surface area contributed by atoms with Gasteiger partial charge in [0.2, 0.25) is 5.95 Å². The highest BCUT2D eigenvalue weighted by atomic mass is 32.2. The van der Waals surface area contributed by atoms with Crippen molar-refractivity contribution in [2.45, 2.75) is 24.9 Å². The zero-order chi connectivity index (χ0) is 17.4. The number of sulfonamides is 1. The number of aryl methyl sites for hydroxylation is 2. The number of hydrogen-bond donors (Lipinski definition) is 2. The summed E-state index contributed by atoms with van der Waals surface area (Å²) in [5.74, 6) is -0.413. The predicted molar refractivity (Wildman–Crippen MR) is 76.9 cm³/mol. The van der Waals surface area contributed by atoms with Crippen LogP contribution in [0.5, 0.6) is 5.75 Å². The van der Waals surface area contributed by atoms with E-state index in [-0.39, 0.29) is 10.6 Å². The summed E-state index contributed by atoms with van der Waals surface area (Å²) < 4.78 is 69.4. The summed E-state index contributed by atoms with van der Waals surface area (Å²) in [6.45, 7) is 3.36. The van der Waals surface area contributed by atoms with Crippen LogP contribution in [0.2, 0.25) is 0 Å². The SMILES string of the molecule is COc1c(C)cc(C)cc1S(=O)(=O)Nc1ncc(C(F)(F)F)[nH]1. The first-order valence-electron chi connectivity index (χ1n) is 6.35. The molecule has 0 fully saturated rings. The van der Waals surface area contributed by atoms with Gasteiger partial charge in [0.1, 0.15) is 16.3 Å². The van der Waals surface area contributed by atoms with Gasteiger partial charge in [0, 0.05) is 0 Å². The lowest BCUT2D eigenvalue weighted by Gasteiger charge is -2.13. The van der Waals surface area contributed by atoms with Crippen LogP contribution >= 0.6 is 0 Å². The Kier molecular flexibility index (Phi) is 4.29. The van der Waals surface area contributed by atoms with Gasteiger partial charge in [0.05, 0.1) is 13.3 Å². The van der Waals surface area contributed by atoms with Gasteiger partial charge in [-0.25, -0.2) is 18.1 Å². The monoisotopic (exact) mass is 349 g/mol. The van der Waals surface area contributed by atoms with E-state index >= 15 is 0 Å². The summed E-state index contributed by atoms with van der Waals surface area (Å²) in [7, 11) is -2.86. The molecule has 1 heterocycles. The second-order valence-electron chi connectivity index (χ2n) is 4.86. The molecule has 0 unspecified atom stereocenters. The molecular weight excluding hydrogens is 335 g/mol. The number of nitrogens with one attached hydrogen (secondary N) is 2. The Morgan fingerprint density at radius 3 is 2.43 bits per heavy atom. The Labute approximate surface area is 130 Å². The van der Waals surface area contributed by atoms with Gasteiger partial charge in [-0.2, -0.15) is 13.2 Å². The molecule has 0 atom stereocenters. The number of methoxy groups -OCH3 is 1. The molecule has 0 aliphatic heterocycles. The molecule has 0 saturated carbocycles. The van der Waals surface area contributed by atoms with Gasteiger partial charge in [0.25, 0.3) is 10.0 Å². The Morgan fingerprint density at radius 1 is 1.26 bits per heavy atom. The van der Waals surface area contributed by atoms with Crippen molar-refractivity contribution in [3.8, 4) is 5.75 Å². The van der Waals surface area contributed by atoms with Crippen molar-refractivity contribution >= 4 is 16.0 Å². The number of hydrogen-bond acceptors (Lipinski definition) is 4. The Bertz CT molecular complexity index is 829. The minimum Gasteiger partial charge on any atom is -0.495 e. The molecule has 2 aromatic rings. The van der Waals surface area contributed by atoms with Gasteiger partial charge >= 0.3 is 6.18 Å². The van der Waals surface area contributed by atoms with Crippen molar-refractivity contribution in [1.82, 2.24) is 9.97 Å². The topological polar surface area (TPSA) is 84.1 Å². The number of nitrogens with zero attached hydrogens (tertiary/aromatic N) is 1. The molecule has 23 heavy (non-hydrogen) atoms. The molecule has 10 heteroatoms. The summed E-state index contributed by atoms with van der Waals surface area (Å²) in [4.78, 5) is 5.09. The highest BCUT2D eigenvalue weighted by Gasteiger charge is 2.33. The highest BCUT2D eigenvalue weighted by molar-refractivity contribution is 7.92. The molecule has 0 bridgehead atoms. The lowest BCUT2D eigenvalue weighted by Crippen LogP contribution is -2.16. The molecule has 2 N–H and O–H groups in total. The maximum Gasteiger partial charge on any atom is 0.432 e. The molecule has 0 radical (unpaired) electrons. The van der Waals surface area contributed by atoms with Crippen LogP contribution in [0, 0.1) is 13.8 Å². The molecule has 0 aliphatic carbocycles. The van der Waals surface area contributed by atoms with Gasteiger partial charge in [-0.05, 0) is 31.0 Å². The predicted octanol–water partition coefficient (Wildman–Crippen LogP) is 2.85. The number of halogens is 3. The fraction of sp³-hybridized carbons (Fsp3) is 0.308. The normalized spacial score (nSPS) is 12.3. The number of rotatable bonds is 4. The number of aromatic nitrogens is 2. The van der Waals surface area contributed by atoms with Gasteiger partial charge in [0.15, 0.2) is 0 Å². The van der Waals surface area contributed by atoms with E-state index in [1.807, 2.05) is 9.71 Å². The van der Waals surface area contributed by atoms with E-state index in [2.05, 4.69) is 4.98 Å². The lowest BCUT2D eigenvalue weighted by molar-refractivity contribution is -0.140. The van der Waals surface area contributed by atoms with Crippen LogP contribution in [0.4, 0.5) is 19.1 Å². The minimum absolute atomic E-state index is 0.116. The molecule has 6 nitrogen and oxygen atoms in total. The van der Waals surface area contributed by atoms with E-state index in [1.54, 1.807) is 19.9 Å². The van der Waals surface area contributed by atoms with Crippen LogP contribution in [0.25, 0.3) is 0 Å². The first-order chi connectivity index (χ1) is 10.5. The van der Waals surface area contributed by atoms with Crippen LogP contribution in [-0.2, 0) is 16.2 Å². The molecule has 1 aromatic carbocycles. The first kappa shape index (κ1) is 17.1. The lowest BCUT2D eigenvalue weighted by atomic mass is 10.1. The van der Waals surface area contributed by atoms with Gasteiger partial charge in [-0.3, -0.25) is 0 Å². The van der Waals surface area contributed by atoms with Crippen LogP contribution in [-0.4, -0.2) is 25.5 Å². The molecule has 0 saturated heterocycles. The van der Waals surface area contributed by atoms with Crippen LogP contribution in [0.1, 0.15) is 16.8 Å². The average molecular weight is 349 g/mol. The number of benzene rings is 1. The van der Waals surface area contributed by atoms with Crippen molar-refractivity contribution in [2.75, 3.05) is 11.8 Å². The fourth-order valence-electron chi connectivity index (χ4n) is 2.08. The number of anilines is 1. The summed E-state index contributed by atoms with van der Waals surface area (Å²) in [6.07, 6.45) is -4.13.